The minimum atomic E-state index is -0.631. The molecular weight excluding hydrogens is 372 g/mol. The summed E-state index contributed by atoms with van der Waals surface area (Å²) < 4.78 is 11.0. The number of nitrogens with zero attached hydrogens (tertiary/aromatic N) is 3. The summed E-state index contributed by atoms with van der Waals surface area (Å²) in [4.78, 5) is 33.5. The third kappa shape index (κ3) is 4.02. The average molecular weight is 396 g/mol. The second kappa shape index (κ2) is 8.08. The van der Waals surface area contributed by atoms with Gasteiger partial charge in [0.1, 0.15) is 18.1 Å². The second-order valence-corrected chi connectivity index (χ2v) is 7.10. The summed E-state index contributed by atoms with van der Waals surface area (Å²) in [6.45, 7) is 6.43. The number of aromatic nitrogens is 1. The maximum atomic E-state index is 12.7. The molecule has 8 nitrogen and oxygen atoms in total. The number of aryl methyl sites for hydroxylation is 1. The van der Waals surface area contributed by atoms with E-state index >= 15 is 0 Å². The number of carbonyl (C=O) groups is 2. The highest BCUT2D eigenvalue weighted by molar-refractivity contribution is 6.06. The van der Waals surface area contributed by atoms with Gasteiger partial charge in [-0.15, -0.1) is 0 Å². The molecule has 1 aromatic heterocycles. The lowest BCUT2D eigenvalue weighted by atomic mass is 10.2. The van der Waals surface area contributed by atoms with Crippen molar-refractivity contribution >= 4 is 29.0 Å². The molecule has 8 heteroatoms. The quantitative estimate of drug-likeness (QED) is 0.851. The van der Waals surface area contributed by atoms with E-state index in [4.69, 9.17) is 9.47 Å². The summed E-state index contributed by atoms with van der Waals surface area (Å²) in [6.07, 6.45) is -0.631. The lowest BCUT2D eigenvalue weighted by Crippen LogP contribution is -2.47. The van der Waals surface area contributed by atoms with E-state index in [0.717, 1.165) is 24.6 Å². The van der Waals surface area contributed by atoms with Gasteiger partial charge >= 0.3 is 0 Å². The van der Waals surface area contributed by atoms with Crippen molar-refractivity contribution in [3.05, 3.63) is 42.1 Å². The number of pyridine rings is 1. The number of carbonyl (C=O) groups excluding carboxylic acids is 2. The third-order valence-corrected chi connectivity index (χ3v) is 5.06. The maximum absolute atomic E-state index is 12.7. The monoisotopic (exact) mass is 396 g/mol. The Labute approximate surface area is 169 Å². The normalized spacial score (nSPS) is 18.8. The highest BCUT2D eigenvalue weighted by Gasteiger charge is 2.32. The van der Waals surface area contributed by atoms with E-state index in [0.29, 0.717) is 30.3 Å². The Morgan fingerprint density at radius 1 is 1.21 bits per heavy atom. The van der Waals surface area contributed by atoms with Crippen molar-refractivity contribution in [2.24, 2.45) is 0 Å². The van der Waals surface area contributed by atoms with Gasteiger partial charge < -0.3 is 19.7 Å². The smallest absolute Gasteiger partial charge is 0.268 e. The predicted molar refractivity (Wildman–Crippen MR) is 110 cm³/mol. The van der Waals surface area contributed by atoms with Crippen molar-refractivity contribution in [2.45, 2.75) is 20.0 Å². The van der Waals surface area contributed by atoms with E-state index in [2.05, 4.69) is 15.2 Å². The van der Waals surface area contributed by atoms with Crippen LogP contribution in [0.4, 0.5) is 17.2 Å². The second-order valence-electron chi connectivity index (χ2n) is 7.10. The fourth-order valence-electron chi connectivity index (χ4n) is 3.50. The van der Waals surface area contributed by atoms with Crippen molar-refractivity contribution in [3.8, 4) is 5.75 Å². The van der Waals surface area contributed by atoms with Crippen LogP contribution in [0.25, 0.3) is 0 Å². The van der Waals surface area contributed by atoms with Crippen LogP contribution >= 0.6 is 0 Å². The van der Waals surface area contributed by atoms with Gasteiger partial charge in [0.05, 0.1) is 30.3 Å². The van der Waals surface area contributed by atoms with Crippen LogP contribution in [-0.4, -0.2) is 55.8 Å². The molecule has 2 aliphatic heterocycles. The summed E-state index contributed by atoms with van der Waals surface area (Å²) in [6, 6.07) is 11.0. The number of fused-ring (bicyclic) bond motifs is 1. The zero-order valence-corrected chi connectivity index (χ0v) is 16.6. The molecular formula is C21H24N4O4. The predicted octanol–water partition coefficient (Wildman–Crippen LogP) is 1.98. The van der Waals surface area contributed by atoms with Gasteiger partial charge in [0.2, 0.25) is 5.91 Å². The summed E-state index contributed by atoms with van der Waals surface area (Å²) >= 11 is 0. The van der Waals surface area contributed by atoms with E-state index < -0.39 is 6.10 Å². The number of rotatable bonds is 4. The Kier molecular flexibility index (Phi) is 5.35. The Morgan fingerprint density at radius 2 is 1.97 bits per heavy atom. The SMILES string of the molecule is Cc1nc(N2CCOCC2)ccc1NC(=O)CN1C(=O)C(C)Oc2ccccc21. The molecule has 1 N–H and O–H groups in total. The molecule has 2 aromatic rings. The summed E-state index contributed by atoms with van der Waals surface area (Å²) in [5.74, 6) is 0.942. The Hall–Kier alpha value is -3.13. The summed E-state index contributed by atoms with van der Waals surface area (Å²) in [5, 5.41) is 2.87. The number of nitrogens with one attached hydrogen (secondary N) is 1. The van der Waals surface area contributed by atoms with Crippen LogP contribution in [0.2, 0.25) is 0 Å². The first-order valence-corrected chi connectivity index (χ1v) is 9.70. The summed E-state index contributed by atoms with van der Waals surface area (Å²) in [7, 11) is 0. The minimum Gasteiger partial charge on any atom is -0.479 e. The van der Waals surface area contributed by atoms with Gasteiger partial charge in [0, 0.05) is 13.1 Å². The van der Waals surface area contributed by atoms with Gasteiger partial charge in [-0.3, -0.25) is 14.5 Å². The number of morpholine rings is 1. The molecule has 0 saturated carbocycles. The van der Waals surface area contributed by atoms with Crippen LogP contribution in [0, 0.1) is 6.92 Å². The molecule has 1 saturated heterocycles. The van der Waals surface area contributed by atoms with Gasteiger partial charge in [0.25, 0.3) is 5.91 Å². The molecule has 0 bridgehead atoms. The zero-order valence-electron chi connectivity index (χ0n) is 16.6. The van der Waals surface area contributed by atoms with Crippen LogP contribution in [0.15, 0.2) is 36.4 Å². The highest BCUT2D eigenvalue weighted by Crippen LogP contribution is 2.33. The number of ether oxygens (including phenoxy) is 2. The van der Waals surface area contributed by atoms with Crippen LogP contribution in [-0.2, 0) is 14.3 Å². The van der Waals surface area contributed by atoms with Crippen molar-refractivity contribution in [1.29, 1.82) is 0 Å². The number of anilines is 3. The van der Waals surface area contributed by atoms with Gasteiger partial charge in [-0.25, -0.2) is 4.98 Å². The van der Waals surface area contributed by atoms with Crippen molar-refractivity contribution in [2.75, 3.05) is 48.0 Å². The largest absolute Gasteiger partial charge is 0.479 e. The van der Waals surface area contributed by atoms with Crippen LogP contribution in [0.1, 0.15) is 12.6 Å². The number of hydrogen-bond acceptors (Lipinski definition) is 6. The molecule has 1 aromatic carbocycles. The van der Waals surface area contributed by atoms with Crippen LogP contribution in [0.5, 0.6) is 5.75 Å². The highest BCUT2D eigenvalue weighted by atomic mass is 16.5. The molecule has 152 valence electrons. The number of benzene rings is 1. The molecule has 0 spiro atoms. The first-order valence-electron chi connectivity index (χ1n) is 9.70. The minimum absolute atomic E-state index is 0.0891. The van der Waals surface area contributed by atoms with E-state index in [9.17, 15) is 9.59 Å². The van der Waals surface area contributed by atoms with E-state index in [-0.39, 0.29) is 18.4 Å². The molecule has 1 unspecified atom stereocenters. The summed E-state index contributed by atoms with van der Waals surface area (Å²) in [5.41, 5.74) is 1.96. The first-order chi connectivity index (χ1) is 14.0. The zero-order chi connectivity index (χ0) is 20.4. The standard InChI is InChI=1S/C21H24N4O4/c1-14-16(7-8-19(22-14)24-9-11-28-12-10-24)23-20(26)13-25-17-5-3-4-6-18(17)29-15(2)21(25)27/h3-8,15H,9-13H2,1-2H3,(H,23,26). The lowest BCUT2D eigenvalue weighted by molar-refractivity contribution is -0.127. The Morgan fingerprint density at radius 3 is 2.72 bits per heavy atom. The van der Waals surface area contributed by atoms with Crippen molar-refractivity contribution in [3.63, 3.8) is 0 Å². The lowest BCUT2D eigenvalue weighted by Gasteiger charge is -2.32. The molecule has 0 aliphatic carbocycles. The van der Waals surface area contributed by atoms with Gasteiger partial charge in [-0.2, -0.15) is 0 Å². The number of para-hydroxylation sites is 2. The van der Waals surface area contributed by atoms with E-state index in [1.54, 1.807) is 19.1 Å². The molecule has 0 radical (unpaired) electrons. The molecule has 1 fully saturated rings. The van der Waals surface area contributed by atoms with Crippen molar-refractivity contribution < 1.29 is 19.1 Å². The molecule has 2 aliphatic rings. The maximum Gasteiger partial charge on any atom is 0.268 e. The molecule has 2 amide bonds. The average Bonchev–Trinajstić information content (AvgIpc) is 2.73. The topological polar surface area (TPSA) is 84.0 Å². The molecule has 1 atom stereocenters. The fraction of sp³-hybridized carbons (Fsp3) is 0.381. The van der Waals surface area contributed by atoms with E-state index in [1.807, 2.05) is 31.2 Å². The Bertz CT molecular complexity index is 927. The number of hydrogen-bond donors (Lipinski definition) is 1. The third-order valence-electron chi connectivity index (χ3n) is 5.06. The van der Waals surface area contributed by atoms with Crippen molar-refractivity contribution in [1.82, 2.24) is 4.98 Å². The van der Waals surface area contributed by atoms with E-state index in [1.165, 1.54) is 4.90 Å². The molecule has 4 rings (SSSR count). The first kappa shape index (κ1) is 19.2. The molecule has 29 heavy (non-hydrogen) atoms. The fourth-order valence-corrected chi connectivity index (χ4v) is 3.50. The van der Waals surface area contributed by atoms with Gasteiger partial charge in [-0.05, 0) is 38.1 Å². The molecule has 3 heterocycles. The van der Waals surface area contributed by atoms with Gasteiger partial charge in [-0.1, -0.05) is 12.1 Å². The Balaban J connectivity index is 1.46. The van der Waals surface area contributed by atoms with Crippen LogP contribution < -0.4 is 19.9 Å². The van der Waals surface area contributed by atoms with Crippen LogP contribution in [0.3, 0.4) is 0 Å². The number of amides is 2. The van der Waals surface area contributed by atoms with Gasteiger partial charge in [0.15, 0.2) is 6.10 Å².